The standard InChI is InChI=1S/C56H78N2O10/c1-7-51(59)67-29-40-20-37-23-46(40)49-17-34(15-43(37)49)27-65-53(61)9-11-57(55(63)31(3)4)25-33-13-42-36-19-39(45(22-36)48(42)14-33)26-58(56(64)32(5)6)12-10-54(62)66-28-35-16-44-38-21-41(30-68-52(60)8-2)47(24-38)50(44)18-35/h7-8,33-50H,1-3,5,9-30H2,4,6H3. The lowest BCUT2D eigenvalue weighted by Crippen LogP contribution is -2.40. The van der Waals surface area contributed by atoms with Crippen LogP contribution >= 0.6 is 0 Å². The molecule has 0 saturated heterocycles. The third-order valence-electron chi connectivity index (χ3n) is 19.7. The molecule has 12 nitrogen and oxygen atoms in total. The molecule has 9 aliphatic rings. The van der Waals surface area contributed by atoms with E-state index in [0.717, 1.165) is 57.8 Å². The Morgan fingerprint density at radius 1 is 0.441 bits per heavy atom. The number of ether oxygens (including phenoxy) is 4. The van der Waals surface area contributed by atoms with Crippen LogP contribution in [0.1, 0.15) is 104 Å². The van der Waals surface area contributed by atoms with Gasteiger partial charge in [0.15, 0.2) is 0 Å². The number of esters is 4. The van der Waals surface area contributed by atoms with Gasteiger partial charge in [-0.3, -0.25) is 19.2 Å². The summed E-state index contributed by atoms with van der Waals surface area (Å²) >= 11 is 0. The minimum atomic E-state index is -0.353. The van der Waals surface area contributed by atoms with Crippen molar-refractivity contribution in [3.05, 3.63) is 49.6 Å². The largest absolute Gasteiger partial charge is 0.465 e. The minimum absolute atomic E-state index is 0.0992. The summed E-state index contributed by atoms with van der Waals surface area (Å²) < 4.78 is 22.6. The van der Waals surface area contributed by atoms with Gasteiger partial charge in [0.1, 0.15) is 0 Å². The SMILES string of the molecule is C=CC(=O)OCC1CC2CC1C1CC(COC(=O)CCN(CC3CC4C5CC(CN(CCC(=O)OCC6CC7C8CC(COC(=O)C=C)C(C8)C7C6)C(=O)C(=C)C)C(C5)C4C3)C(=O)C(=C)C)CC21. The van der Waals surface area contributed by atoms with E-state index in [-0.39, 0.29) is 48.5 Å². The van der Waals surface area contributed by atoms with Gasteiger partial charge < -0.3 is 28.7 Å². The van der Waals surface area contributed by atoms with Crippen LogP contribution in [0.2, 0.25) is 0 Å². The fourth-order valence-corrected chi connectivity index (χ4v) is 17.2. The molecule has 18 atom stereocenters. The summed E-state index contributed by atoms with van der Waals surface area (Å²) in [6, 6.07) is 0. The van der Waals surface area contributed by atoms with Crippen LogP contribution in [0.15, 0.2) is 49.6 Å². The van der Waals surface area contributed by atoms with Crippen molar-refractivity contribution in [1.82, 2.24) is 9.80 Å². The molecular weight excluding hydrogens is 861 g/mol. The molecule has 9 fully saturated rings. The average Bonchev–Trinajstić information content (AvgIpc) is 4.18. The molecule has 6 bridgehead atoms. The lowest BCUT2D eigenvalue weighted by molar-refractivity contribution is -0.147. The molecule has 372 valence electrons. The van der Waals surface area contributed by atoms with E-state index in [4.69, 9.17) is 18.9 Å². The molecule has 9 saturated carbocycles. The van der Waals surface area contributed by atoms with E-state index in [2.05, 4.69) is 26.3 Å². The number of nitrogens with zero attached hydrogens (tertiary/aromatic N) is 2. The van der Waals surface area contributed by atoms with Crippen molar-refractivity contribution >= 4 is 35.7 Å². The van der Waals surface area contributed by atoms with Crippen LogP contribution in [-0.2, 0) is 47.7 Å². The summed E-state index contributed by atoms with van der Waals surface area (Å²) in [4.78, 5) is 80.4. The van der Waals surface area contributed by atoms with E-state index in [1.54, 1.807) is 13.8 Å². The van der Waals surface area contributed by atoms with E-state index in [1.807, 2.05) is 9.80 Å². The maximum atomic E-state index is 13.5. The normalized spacial score (nSPS) is 38.3. The molecule has 0 heterocycles. The summed E-state index contributed by atoms with van der Waals surface area (Å²) in [6.45, 7) is 22.1. The second-order valence-corrected chi connectivity index (χ2v) is 23.6. The summed E-state index contributed by atoms with van der Waals surface area (Å²) in [6.07, 6.45) is 16.1. The van der Waals surface area contributed by atoms with Gasteiger partial charge in [0.2, 0.25) is 11.8 Å². The van der Waals surface area contributed by atoms with Gasteiger partial charge in [0, 0.05) is 49.5 Å². The molecule has 12 heteroatoms. The van der Waals surface area contributed by atoms with Gasteiger partial charge >= 0.3 is 23.9 Å². The zero-order valence-corrected chi connectivity index (χ0v) is 40.9. The van der Waals surface area contributed by atoms with Gasteiger partial charge in [0.05, 0.1) is 39.3 Å². The number of rotatable bonds is 22. The highest BCUT2D eigenvalue weighted by Crippen LogP contribution is 2.64. The van der Waals surface area contributed by atoms with Crippen molar-refractivity contribution in [3.8, 4) is 0 Å². The second kappa shape index (κ2) is 20.6. The third-order valence-corrected chi connectivity index (χ3v) is 19.7. The lowest BCUT2D eigenvalue weighted by Gasteiger charge is -2.35. The number of hydrogen-bond donors (Lipinski definition) is 0. The maximum absolute atomic E-state index is 13.5. The predicted molar refractivity (Wildman–Crippen MR) is 254 cm³/mol. The first-order valence-electron chi connectivity index (χ1n) is 26.5. The maximum Gasteiger partial charge on any atom is 0.330 e. The molecule has 0 aliphatic heterocycles. The molecule has 9 aliphatic carbocycles. The van der Waals surface area contributed by atoms with E-state index in [0.29, 0.717) is 170 Å². The van der Waals surface area contributed by atoms with Crippen molar-refractivity contribution < 1.29 is 47.7 Å². The van der Waals surface area contributed by atoms with Gasteiger partial charge in [-0.25, -0.2) is 9.59 Å². The molecule has 0 spiro atoms. The highest BCUT2D eigenvalue weighted by atomic mass is 16.5. The average molecular weight is 939 g/mol. The van der Waals surface area contributed by atoms with Crippen molar-refractivity contribution in [2.24, 2.45) is 107 Å². The Morgan fingerprint density at radius 3 is 1.24 bits per heavy atom. The molecule has 2 amide bonds. The fourth-order valence-electron chi connectivity index (χ4n) is 17.2. The molecular formula is C56H78N2O10. The molecule has 18 unspecified atom stereocenters. The number of hydrogen-bond acceptors (Lipinski definition) is 10. The Bertz CT molecular complexity index is 2010. The zero-order chi connectivity index (χ0) is 48.0. The summed E-state index contributed by atoms with van der Waals surface area (Å²) in [5.74, 6) is 8.13. The van der Waals surface area contributed by atoms with Crippen LogP contribution in [0.25, 0.3) is 0 Å². The van der Waals surface area contributed by atoms with Gasteiger partial charge in [-0.1, -0.05) is 26.3 Å². The van der Waals surface area contributed by atoms with Crippen LogP contribution in [0.3, 0.4) is 0 Å². The van der Waals surface area contributed by atoms with Crippen molar-refractivity contribution in [2.45, 2.75) is 104 Å². The van der Waals surface area contributed by atoms with E-state index in [9.17, 15) is 28.8 Å². The lowest BCUT2D eigenvalue weighted by atomic mass is 9.75. The van der Waals surface area contributed by atoms with Crippen molar-refractivity contribution in [1.29, 1.82) is 0 Å². The Hall–Kier alpha value is -4.22. The van der Waals surface area contributed by atoms with Crippen molar-refractivity contribution in [3.63, 3.8) is 0 Å². The number of carbonyl (C=O) groups is 6. The smallest absolute Gasteiger partial charge is 0.330 e. The predicted octanol–water partition coefficient (Wildman–Crippen LogP) is 8.02. The van der Waals surface area contributed by atoms with Crippen LogP contribution in [0.4, 0.5) is 0 Å². The van der Waals surface area contributed by atoms with Crippen LogP contribution in [-0.4, -0.2) is 98.1 Å². The van der Waals surface area contributed by atoms with Crippen molar-refractivity contribution in [2.75, 3.05) is 52.6 Å². The first-order chi connectivity index (χ1) is 32.7. The van der Waals surface area contributed by atoms with Crippen LogP contribution < -0.4 is 0 Å². The Balaban J connectivity index is 0.706. The van der Waals surface area contributed by atoms with Gasteiger partial charge in [0.25, 0.3) is 0 Å². The van der Waals surface area contributed by atoms with Crippen LogP contribution in [0.5, 0.6) is 0 Å². The van der Waals surface area contributed by atoms with Gasteiger partial charge in [-0.2, -0.15) is 0 Å². The number of fused-ring (bicyclic) bond motifs is 15. The zero-order valence-electron chi connectivity index (χ0n) is 40.9. The first-order valence-corrected chi connectivity index (χ1v) is 26.5. The topological polar surface area (TPSA) is 146 Å². The number of carbonyl (C=O) groups excluding carboxylic acids is 6. The second-order valence-electron chi connectivity index (χ2n) is 23.6. The Morgan fingerprint density at radius 2 is 0.809 bits per heavy atom. The monoisotopic (exact) mass is 939 g/mol. The quantitative estimate of drug-likeness (QED) is 0.0595. The molecule has 0 aromatic heterocycles. The summed E-state index contributed by atoms with van der Waals surface area (Å²) in [7, 11) is 0. The Labute approximate surface area is 404 Å². The van der Waals surface area contributed by atoms with E-state index >= 15 is 0 Å². The molecule has 0 aromatic rings. The summed E-state index contributed by atoms with van der Waals surface area (Å²) in [5, 5.41) is 0. The molecule has 0 aromatic carbocycles. The highest BCUT2D eigenvalue weighted by molar-refractivity contribution is 5.93. The minimum Gasteiger partial charge on any atom is -0.465 e. The van der Waals surface area contributed by atoms with E-state index < -0.39 is 0 Å². The third kappa shape index (κ3) is 10.2. The first kappa shape index (κ1) is 48.8. The molecule has 0 radical (unpaired) electrons. The highest BCUT2D eigenvalue weighted by Gasteiger charge is 2.58. The van der Waals surface area contributed by atoms with Gasteiger partial charge in [-0.05, 0) is 197 Å². The summed E-state index contributed by atoms with van der Waals surface area (Å²) in [5.41, 5.74) is 0.948. The Kier molecular flexibility index (Phi) is 14.8. The number of amides is 2. The molecule has 68 heavy (non-hydrogen) atoms. The van der Waals surface area contributed by atoms with Gasteiger partial charge in [-0.15, -0.1) is 0 Å². The molecule has 9 rings (SSSR count). The fraction of sp³-hybridized carbons (Fsp3) is 0.750. The van der Waals surface area contributed by atoms with E-state index in [1.165, 1.54) is 31.4 Å². The van der Waals surface area contributed by atoms with Crippen LogP contribution in [0, 0.1) is 107 Å². The molecule has 0 N–H and O–H groups in total.